The number of primary amides is 1. The van der Waals surface area contributed by atoms with Crippen molar-refractivity contribution >= 4 is 35.8 Å². The highest BCUT2D eigenvalue weighted by Crippen LogP contribution is 2.19. The first kappa shape index (κ1) is 21.9. The number of nitrogens with zero attached hydrogens (tertiary/aromatic N) is 5. The summed E-state index contributed by atoms with van der Waals surface area (Å²) in [5.41, 5.74) is 5.36. The number of aromatic nitrogens is 3. The number of rotatable bonds is 5. The van der Waals surface area contributed by atoms with Crippen LogP contribution in [0, 0.1) is 5.92 Å². The number of nitrogens with one attached hydrogen (secondary N) is 1. The number of carbonyl (C=O) groups is 1. The van der Waals surface area contributed by atoms with E-state index in [1.807, 2.05) is 7.05 Å². The second kappa shape index (κ2) is 10.8. The van der Waals surface area contributed by atoms with Crippen LogP contribution in [0.2, 0.25) is 0 Å². The summed E-state index contributed by atoms with van der Waals surface area (Å²) < 4.78 is 2.29. The number of piperidine rings is 1. The third kappa shape index (κ3) is 6.05. The Morgan fingerprint density at radius 2 is 2.11 bits per heavy atom. The number of nitrogens with two attached hydrogens (primary N) is 1. The number of hydrogen-bond donors (Lipinski definition) is 2. The largest absolute Gasteiger partial charge is 0.370 e. The molecule has 3 heterocycles. The van der Waals surface area contributed by atoms with Crippen molar-refractivity contribution in [1.82, 2.24) is 25.0 Å². The first-order chi connectivity index (χ1) is 12.7. The summed E-state index contributed by atoms with van der Waals surface area (Å²) >= 11 is 0. The number of hydrogen-bond acceptors (Lipinski definition) is 4. The van der Waals surface area contributed by atoms with Crippen molar-refractivity contribution in [2.75, 3.05) is 26.7 Å². The first-order valence-electron chi connectivity index (χ1n) is 9.82. The maximum atomic E-state index is 11.2. The SMILES string of the molecule is CN=C(NCCc1nnc2n1CCCCC2)N1CCCC(CC(N)=O)C1.I. The average molecular weight is 489 g/mol. The molecule has 1 aromatic heterocycles. The number of aryl methyl sites for hydroxylation is 1. The molecule has 8 nitrogen and oxygen atoms in total. The van der Waals surface area contributed by atoms with Crippen LogP contribution in [-0.4, -0.2) is 58.2 Å². The molecule has 2 aliphatic rings. The summed E-state index contributed by atoms with van der Waals surface area (Å²) in [6.45, 7) is 3.62. The van der Waals surface area contributed by atoms with Crippen LogP contribution in [0.4, 0.5) is 0 Å². The third-order valence-electron chi connectivity index (χ3n) is 5.34. The summed E-state index contributed by atoms with van der Waals surface area (Å²) in [5.74, 6) is 3.21. The topological polar surface area (TPSA) is 101 Å². The van der Waals surface area contributed by atoms with E-state index in [2.05, 4.69) is 30.0 Å². The van der Waals surface area contributed by atoms with Gasteiger partial charge in [-0.3, -0.25) is 9.79 Å². The third-order valence-corrected chi connectivity index (χ3v) is 5.34. The number of carbonyl (C=O) groups excluding carboxylic acids is 1. The summed E-state index contributed by atoms with van der Waals surface area (Å²) in [6.07, 6.45) is 8.15. The zero-order valence-electron chi connectivity index (χ0n) is 16.2. The molecule has 0 aliphatic carbocycles. The highest BCUT2D eigenvalue weighted by Gasteiger charge is 2.23. The summed E-state index contributed by atoms with van der Waals surface area (Å²) in [6, 6.07) is 0. The van der Waals surface area contributed by atoms with Gasteiger partial charge in [0.2, 0.25) is 5.91 Å². The minimum atomic E-state index is -0.215. The Kier molecular flexibility index (Phi) is 8.78. The molecular weight excluding hydrogens is 457 g/mol. The molecule has 1 aromatic rings. The highest BCUT2D eigenvalue weighted by atomic mass is 127. The lowest BCUT2D eigenvalue weighted by molar-refractivity contribution is -0.119. The van der Waals surface area contributed by atoms with Gasteiger partial charge in [0.1, 0.15) is 11.6 Å². The molecule has 0 spiro atoms. The van der Waals surface area contributed by atoms with Gasteiger partial charge in [0.15, 0.2) is 5.96 Å². The number of halogens is 1. The van der Waals surface area contributed by atoms with E-state index in [0.29, 0.717) is 12.3 Å². The van der Waals surface area contributed by atoms with Gasteiger partial charge in [-0.05, 0) is 31.6 Å². The molecule has 0 saturated carbocycles. The van der Waals surface area contributed by atoms with Crippen LogP contribution in [0.5, 0.6) is 0 Å². The zero-order chi connectivity index (χ0) is 18.4. The fraction of sp³-hybridized carbons (Fsp3) is 0.778. The van der Waals surface area contributed by atoms with Crippen LogP contribution in [0.1, 0.15) is 50.2 Å². The molecule has 0 aromatic carbocycles. The Labute approximate surface area is 178 Å². The van der Waals surface area contributed by atoms with E-state index in [-0.39, 0.29) is 29.9 Å². The molecule has 0 radical (unpaired) electrons. The molecule has 1 atom stereocenters. The monoisotopic (exact) mass is 489 g/mol. The van der Waals surface area contributed by atoms with E-state index in [9.17, 15) is 4.79 Å². The fourth-order valence-electron chi connectivity index (χ4n) is 4.06. The molecule has 9 heteroatoms. The maximum Gasteiger partial charge on any atom is 0.217 e. The molecule has 1 saturated heterocycles. The molecule has 27 heavy (non-hydrogen) atoms. The van der Waals surface area contributed by atoms with Crippen molar-refractivity contribution in [3.8, 4) is 0 Å². The van der Waals surface area contributed by atoms with Gasteiger partial charge < -0.3 is 20.5 Å². The van der Waals surface area contributed by atoms with Crippen molar-refractivity contribution in [2.45, 2.75) is 57.9 Å². The predicted octanol–water partition coefficient (Wildman–Crippen LogP) is 1.33. The maximum absolute atomic E-state index is 11.2. The molecular formula is C18H32IN7O. The van der Waals surface area contributed by atoms with Gasteiger partial charge in [0, 0.05) is 52.5 Å². The number of aliphatic imine (C=N–C) groups is 1. The molecule has 3 N–H and O–H groups in total. The van der Waals surface area contributed by atoms with Crippen molar-refractivity contribution in [3.63, 3.8) is 0 Å². The van der Waals surface area contributed by atoms with Crippen LogP contribution in [-0.2, 0) is 24.2 Å². The number of amides is 1. The predicted molar refractivity (Wildman–Crippen MR) is 116 cm³/mol. The Balaban J connectivity index is 0.00000261. The van der Waals surface area contributed by atoms with Crippen LogP contribution in [0.15, 0.2) is 4.99 Å². The standard InChI is InChI=1S/C18H31N7O.HI/c1-20-18(24-10-5-6-14(13-24)12-15(19)26)21-9-8-17-23-22-16-7-3-2-4-11-25(16)17;/h14H,2-13H2,1H3,(H2,19,26)(H,20,21);1H. The number of guanidine groups is 1. The Bertz CT molecular complexity index is 646. The van der Waals surface area contributed by atoms with Crippen LogP contribution in [0.3, 0.4) is 0 Å². The van der Waals surface area contributed by atoms with Crippen molar-refractivity contribution in [3.05, 3.63) is 11.6 Å². The summed E-state index contributed by atoms with van der Waals surface area (Å²) in [5, 5.41) is 12.2. The minimum Gasteiger partial charge on any atom is -0.370 e. The van der Waals surface area contributed by atoms with Gasteiger partial charge >= 0.3 is 0 Å². The zero-order valence-corrected chi connectivity index (χ0v) is 18.5. The van der Waals surface area contributed by atoms with E-state index in [4.69, 9.17) is 5.73 Å². The van der Waals surface area contributed by atoms with Gasteiger partial charge in [-0.25, -0.2) is 0 Å². The lowest BCUT2D eigenvalue weighted by atomic mass is 9.95. The second-order valence-corrected chi connectivity index (χ2v) is 7.34. The lowest BCUT2D eigenvalue weighted by Crippen LogP contribution is -2.47. The van der Waals surface area contributed by atoms with E-state index in [1.165, 1.54) is 19.3 Å². The van der Waals surface area contributed by atoms with Crippen molar-refractivity contribution < 1.29 is 4.79 Å². The van der Waals surface area contributed by atoms with Crippen LogP contribution >= 0.6 is 24.0 Å². The van der Waals surface area contributed by atoms with E-state index in [1.54, 1.807) is 0 Å². The minimum absolute atomic E-state index is 0. The van der Waals surface area contributed by atoms with Crippen molar-refractivity contribution in [2.24, 2.45) is 16.6 Å². The Morgan fingerprint density at radius 3 is 2.89 bits per heavy atom. The van der Waals surface area contributed by atoms with Gasteiger partial charge in [-0.2, -0.15) is 0 Å². The van der Waals surface area contributed by atoms with Gasteiger partial charge in [0.05, 0.1) is 0 Å². The summed E-state index contributed by atoms with van der Waals surface area (Å²) in [7, 11) is 1.81. The van der Waals surface area contributed by atoms with Gasteiger partial charge in [0.25, 0.3) is 0 Å². The lowest BCUT2D eigenvalue weighted by Gasteiger charge is -2.34. The first-order valence-corrected chi connectivity index (χ1v) is 9.82. The molecule has 1 fully saturated rings. The van der Waals surface area contributed by atoms with Crippen LogP contribution < -0.4 is 11.1 Å². The summed E-state index contributed by atoms with van der Waals surface area (Å²) in [4.78, 5) is 17.9. The molecule has 1 unspecified atom stereocenters. The molecule has 152 valence electrons. The second-order valence-electron chi connectivity index (χ2n) is 7.34. The molecule has 2 aliphatic heterocycles. The van der Waals surface area contributed by atoms with Gasteiger partial charge in [-0.1, -0.05) is 6.42 Å². The van der Waals surface area contributed by atoms with E-state index >= 15 is 0 Å². The van der Waals surface area contributed by atoms with Crippen molar-refractivity contribution in [1.29, 1.82) is 0 Å². The quantitative estimate of drug-likeness (QED) is 0.369. The average Bonchev–Trinajstić information content (AvgIpc) is 2.85. The fourth-order valence-corrected chi connectivity index (χ4v) is 4.06. The normalized spacial score (nSPS) is 20.4. The molecule has 1 amide bonds. The Morgan fingerprint density at radius 1 is 1.26 bits per heavy atom. The molecule has 3 rings (SSSR count). The number of fused-ring (bicyclic) bond motifs is 1. The Hall–Kier alpha value is -1.39. The van der Waals surface area contributed by atoms with Gasteiger partial charge in [-0.15, -0.1) is 34.2 Å². The van der Waals surface area contributed by atoms with E-state index < -0.39 is 0 Å². The highest BCUT2D eigenvalue weighted by molar-refractivity contribution is 14.0. The van der Waals surface area contributed by atoms with Crippen LogP contribution in [0.25, 0.3) is 0 Å². The molecule has 0 bridgehead atoms. The number of likely N-dealkylation sites (tertiary alicyclic amines) is 1. The van der Waals surface area contributed by atoms with E-state index in [0.717, 1.165) is 69.5 Å². The smallest absolute Gasteiger partial charge is 0.217 e.